The van der Waals surface area contributed by atoms with Gasteiger partial charge in [-0.2, -0.15) is 0 Å². The molecule has 0 bridgehead atoms. The molecule has 2 rings (SSSR count). The van der Waals surface area contributed by atoms with E-state index >= 15 is 0 Å². The third kappa shape index (κ3) is 3.22. The number of rotatable bonds is 4. The van der Waals surface area contributed by atoms with Gasteiger partial charge in [0, 0.05) is 28.3 Å². The fourth-order valence-electron chi connectivity index (χ4n) is 2.18. The Morgan fingerprint density at radius 1 is 1.05 bits per heavy atom. The second-order valence-corrected chi connectivity index (χ2v) is 5.82. The first-order valence-corrected chi connectivity index (χ1v) is 7.65. The van der Waals surface area contributed by atoms with E-state index in [1.165, 1.54) is 5.56 Å². The minimum atomic E-state index is 0.202. The van der Waals surface area contributed by atoms with Crippen LogP contribution in [0.4, 0.5) is 5.69 Å². The van der Waals surface area contributed by atoms with Crippen molar-refractivity contribution in [2.24, 2.45) is 0 Å². The van der Waals surface area contributed by atoms with Crippen LogP contribution in [0.15, 0.2) is 42.5 Å². The number of hydrogen-bond donors (Lipinski definition) is 0. The summed E-state index contributed by atoms with van der Waals surface area (Å²) in [6.45, 7) is 2.14. The zero-order chi connectivity index (χ0) is 14.7. The first-order valence-electron chi connectivity index (χ1n) is 6.36. The smallest absolute Gasteiger partial charge is 0.0511 e. The van der Waals surface area contributed by atoms with E-state index in [-0.39, 0.29) is 6.04 Å². The van der Waals surface area contributed by atoms with Crippen molar-refractivity contribution in [3.8, 4) is 0 Å². The Balaban J connectivity index is 2.33. The molecule has 0 aliphatic carbocycles. The monoisotopic (exact) mass is 327 g/mol. The van der Waals surface area contributed by atoms with Crippen LogP contribution in [0.3, 0.4) is 0 Å². The van der Waals surface area contributed by atoms with Crippen molar-refractivity contribution in [2.75, 3.05) is 11.9 Å². The van der Waals surface area contributed by atoms with Gasteiger partial charge in [0.05, 0.1) is 11.9 Å². The van der Waals surface area contributed by atoms with Gasteiger partial charge in [-0.25, -0.2) is 0 Å². The fourth-order valence-corrected chi connectivity index (χ4v) is 2.90. The molecule has 0 aliphatic heterocycles. The molecule has 4 heteroatoms. The van der Waals surface area contributed by atoms with Crippen LogP contribution in [-0.4, -0.2) is 7.05 Å². The van der Waals surface area contributed by atoms with E-state index in [1.807, 2.05) is 49.5 Å². The van der Waals surface area contributed by atoms with Crippen LogP contribution >= 0.6 is 34.8 Å². The van der Waals surface area contributed by atoms with Gasteiger partial charge in [0.2, 0.25) is 0 Å². The summed E-state index contributed by atoms with van der Waals surface area (Å²) in [6, 6.07) is 13.9. The Hall–Kier alpha value is -0.890. The summed E-state index contributed by atoms with van der Waals surface area (Å²) in [5.74, 6) is 0.396. The average Bonchev–Trinajstić information content (AvgIpc) is 2.46. The molecule has 0 amide bonds. The largest absolute Gasteiger partial charge is 0.368 e. The van der Waals surface area contributed by atoms with Crippen molar-refractivity contribution in [3.05, 3.63) is 63.6 Å². The van der Waals surface area contributed by atoms with Crippen LogP contribution < -0.4 is 4.90 Å². The standard InChI is InChI=1S/C16H16Cl3N/c1-11(12-6-8-13(18)9-7-12)20(2)16-5-3-4-15(19)14(16)10-17/h3-9,11H,10H2,1-2H3. The molecule has 20 heavy (non-hydrogen) atoms. The molecule has 0 saturated carbocycles. The molecule has 1 unspecified atom stereocenters. The normalized spacial score (nSPS) is 12.2. The predicted octanol–water partition coefficient (Wildman–Crippen LogP) is 5.93. The summed E-state index contributed by atoms with van der Waals surface area (Å²) < 4.78 is 0. The third-order valence-corrected chi connectivity index (χ3v) is 4.41. The number of benzene rings is 2. The number of halogens is 3. The summed E-state index contributed by atoms with van der Waals surface area (Å²) in [5.41, 5.74) is 3.20. The van der Waals surface area contributed by atoms with Gasteiger partial charge >= 0.3 is 0 Å². The Kier molecular flexibility index (Phi) is 5.20. The second kappa shape index (κ2) is 6.71. The highest BCUT2D eigenvalue weighted by Gasteiger charge is 2.16. The lowest BCUT2D eigenvalue weighted by Gasteiger charge is -2.29. The maximum absolute atomic E-state index is 6.22. The van der Waals surface area contributed by atoms with Crippen LogP contribution in [0.1, 0.15) is 24.1 Å². The van der Waals surface area contributed by atoms with Gasteiger partial charge < -0.3 is 4.90 Å². The number of anilines is 1. The van der Waals surface area contributed by atoms with E-state index in [2.05, 4.69) is 11.8 Å². The van der Waals surface area contributed by atoms with Crippen molar-refractivity contribution in [1.29, 1.82) is 0 Å². The maximum atomic E-state index is 6.22. The molecule has 0 spiro atoms. The average molecular weight is 329 g/mol. The van der Waals surface area contributed by atoms with Crippen molar-refractivity contribution < 1.29 is 0 Å². The maximum Gasteiger partial charge on any atom is 0.0511 e. The Bertz CT molecular complexity index is 581. The van der Waals surface area contributed by atoms with E-state index in [1.54, 1.807) is 0 Å². The first kappa shape index (κ1) is 15.5. The van der Waals surface area contributed by atoms with Crippen LogP contribution in [0, 0.1) is 0 Å². The fraction of sp³-hybridized carbons (Fsp3) is 0.250. The molecule has 0 fully saturated rings. The summed E-state index contributed by atoms with van der Waals surface area (Å²) >= 11 is 18.2. The Morgan fingerprint density at radius 3 is 2.30 bits per heavy atom. The van der Waals surface area contributed by atoms with Gasteiger partial charge in [0.25, 0.3) is 0 Å². The predicted molar refractivity (Wildman–Crippen MR) is 89.3 cm³/mol. The molecular weight excluding hydrogens is 313 g/mol. The summed E-state index contributed by atoms with van der Waals surface area (Å²) in [6.07, 6.45) is 0. The molecule has 0 heterocycles. The minimum Gasteiger partial charge on any atom is -0.368 e. The molecule has 2 aromatic rings. The second-order valence-electron chi connectivity index (χ2n) is 4.71. The molecule has 0 aliphatic rings. The van der Waals surface area contributed by atoms with E-state index in [0.717, 1.165) is 16.3 Å². The van der Waals surface area contributed by atoms with Crippen LogP contribution in [0.25, 0.3) is 0 Å². The summed E-state index contributed by atoms with van der Waals surface area (Å²) in [4.78, 5) is 2.17. The molecule has 1 nitrogen and oxygen atoms in total. The van der Waals surface area contributed by atoms with Crippen molar-refractivity contribution >= 4 is 40.5 Å². The van der Waals surface area contributed by atoms with Gasteiger partial charge in [0.1, 0.15) is 0 Å². The Labute approximate surface area is 135 Å². The lowest BCUT2D eigenvalue weighted by atomic mass is 10.1. The zero-order valence-corrected chi connectivity index (χ0v) is 13.7. The van der Waals surface area contributed by atoms with Gasteiger partial charge in [-0.15, -0.1) is 11.6 Å². The topological polar surface area (TPSA) is 3.24 Å². The lowest BCUT2D eigenvalue weighted by Crippen LogP contribution is -2.22. The van der Waals surface area contributed by atoms with Crippen molar-refractivity contribution in [2.45, 2.75) is 18.8 Å². The van der Waals surface area contributed by atoms with Crippen molar-refractivity contribution in [1.82, 2.24) is 0 Å². The molecule has 1 atom stereocenters. The molecule has 0 aromatic heterocycles. The van der Waals surface area contributed by atoms with E-state index in [9.17, 15) is 0 Å². The van der Waals surface area contributed by atoms with Gasteiger partial charge in [0.15, 0.2) is 0 Å². The summed E-state index contributed by atoms with van der Waals surface area (Å²) in [5, 5.41) is 1.44. The first-order chi connectivity index (χ1) is 9.54. The molecular formula is C16H16Cl3N. The van der Waals surface area contributed by atoms with Crippen LogP contribution in [-0.2, 0) is 5.88 Å². The van der Waals surface area contributed by atoms with E-state index in [0.29, 0.717) is 10.9 Å². The van der Waals surface area contributed by atoms with Gasteiger partial charge in [-0.1, -0.05) is 41.4 Å². The van der Waals surface area contributed by atoms with E-state index < -0.39 is 0 Å². The molecule has 2 aromatic carbocycles. The zero-order valence-electron chi connectivity index (χ0n) is 11.4. The summed E-state index contributed by atoms with van der Waals surface area (Å²) in [7, 11) is 2.04. The highest BCUT2D eigenvalue weighted by molar-refractivity contribution is 6.32. The quantitative estimate of drug-likeness (QED) is 0.629. The minimum absolute atomic E-state index is 0.202. The highest BCUT2D eigenvalue weighted by Crippen LogP contribution is 2.33. The number of hydrogen-bond acceptors (Lipinski definition) is 1. The molecule has 106 valence electrons. The number of nitrogens with zero attached hydrogens (tertiary/aromatic N) is 1. The van der Waals surface area contributed by atoms with Gasteiger partial charge in [-0.05, 0) is 36.8 Å². The van der Waals surface area contributed by atoms with Crippen molar-refractivity contribution in [3.63, 3.8) is 0 Å². The van der Waals surface area contributed by atoms with E-state index in [4.69, 9.17) is 34.8 Å². The van der Waals surface area contributed by atoms with Crippen LogP contribution in [0.2, 0.25) is 10.0 Å². The SMILES string of the molecule is CC(c1ccc(Cl)cc1)N(C)c1cccc(Cl)c1CCl. The Morgan fingerprint density at radius 2 is 1.70 bits per heavy atom. The third-order valence-electron chi connectivity index (χ3n) is 3.54. The lowest BCUT2D eigenvalue weighted by molar-refractivity contribution is 0.737. The van der Waals surface area contributed by atoms with Crippen LogP contribution in [0.5, 0.6) is 0 Å². The molecule has 0 radical (unpaired) electrons. The highest BCUT2D eigenvalue weighted by atomic mass is 35.5. The number of alkyl halides is 1. The van der Waals surface area contributed by atoms with Gasteiger partial charge in [-0.3, -0.25) is 0 Å². The molecule has 0 N–H and O–H groups in total. The molecule has 0 saturated heterocycles.